The molecule has 1 atom stereocenters. The lowest BCUT2D eigenvalue weighted by molar-refractivity contribution is 0.0168. The van der Waals surface area contributed by atoms with Gasteiger partial charge in [0.25, 0.3) is 0 Å². The quantitative estimate of drug-likeness (QED) is 0.709. The van der Waals surface area contributed by atoms with E-state index < -0.39 is 0 Å². The zero-order valence-corrected chi connectivity index (χ0v) is 12.7. The zero-order valence-electron chi connectivity index (χ0n) is 12.7. The largest absolute Gasteiger partial charge is 0.379 e. The highest BCUT2D eigenvalue weighted by Gasteiger charge is 2.21. The van der Waals surface area contributed by atoms with E-state index in [4.69, 9.17) is 4.74 Å². The molecule has 1 aliphatic heterocycles. The van der Waals surface area contributed by atoms with Gasteiger partial charge in [-0.25, -0.2) is 0 Å². The van der Waals surface area contributed by atoms with Gasteiger partial charge in [0.15, 0.2) is 0 Å². The third-order valence-electron chi connectivity index (χ3n) is 3.94. The van der Waals surface area contributed by atoms with Crippen molar-refractivity contribution in [2.75, 3.05) is 26.3 Å². The van der Waals surface area contributed by atoms with Crippen LogP contribution in [0, 0.1) is 0 Å². The van der Waals surface area contributed by atoms with Crippen molar-refractivity contribution in [3.8, 4) is 0 Å². The predicted octanol–water partition coefficient (Wildman–Crippen LogP) is 3.62. The molecule has 21 heavy (non-hydrogen) atoms. The summed E-state index contributed by atoms with van der Waals surface area (Å²) >= 11 is 0. The molecule has 1 fully saturated rings. The molecule has 0 amide bonds. The minimum Gasteiger partial charge on any atom is -0.379 e. The van der Waals surface area contributed by atoms with Gasteiger partial charge < -0.3 is 4.74 Å². The molecule has 1 aromatic carbocycles. The van der Waals surface area contributed by atoms with Crippen molar-refractivity contribution in [2.45, 2.75) is 18.9 Å². The Morgan fingerprint density at radius 2 is 1.90 bits per heavy atom. The lowest BCUT2D eigenvalue weighted by Crippen LogP contribution is -2.44. The minimum absolute atomic E-state index is 0.487. The monoisotopic (exact) mass is 283 g/mol. The van der Waals surface area contributed by atoms with Gasteiger partial charge in [-0.3, -0.25) is 4.90 Å². The number of nitrogens with zero attached hydrogens (tertiary/aromatic N) is 1. The van der Waals surface area contributed by atoms with Crippen molar-refractivity contribution in [1.82, 2.24) is 4.90 Å². The second-order valence-electron chi connectivity index (χ2n) is 5.38. The Hall–Kier alpha value is -1.64. The average molecular weight is 283 g/mol. The summed E-state index contributed by atoms with van der Waals surface area (Å²) in [6.07, 6.45) is 7.91. The number of hydrogen-bond acceptors (Lipinski definition) is 2. The van der Waals surface area contributed by atoms with Crippen LogP contribution in [0.3, 0.4) is 0 Å². The Labute approximate surface area is 128 Å². The lowest BCUT2D eigenvalue weighted by atomic mass is 9.97. The van der Waals surface area contributed by atoms with Crippen LogP contribution in [0.5, 0.6) is 0 Å². The first-order valence-corrected chi connectivity index (χ1v) is 7.63. The third kappa shape index (κ3) is 5.00. The van der Waals surface area contributed by atoms with Gasteiger partial charge in [0.2, 0.25) is 0 Å². The smallest absolute Gasteiger partial charge is 0.0594 e. The number of hydrogen-bond donors (Lipinski definition) is 0. The van der Waals surface area contributed by atoms with Gasteiger partial charge in [0, 0.05) is 19.1 Å². The fraction of sp³-hybridized carbons (Fsp3) is 0.368. The molecule has 0 N–H and O–H groups in total. The Bertz CT molecular complexity index is 472. The summed E-state index contributed by atoms with van der Waals surface area (Å²) in [7, 11) is 0. The van der Waals surface area contributed by atoms with E-state index in [-0.39, 0.29) is 0 Å². The fourth-order valence-electron chi connectivity index (χ4n) is 2.80. The van der Waals surface area contributed by atoms with Crippen molar-refractivity contribution < 1.29 is 4.74 Å². The van der Waals surface area contributed by atoms with Crippen molar-refractivity contribution in [1.29, 1.82) is 0 Å². The molecule has 0 bridgehead atoms. The van der Waals surface area contributed by atoms with Gasteiger partial charge in [0.1, 0.15) is 0 Å². The summed E-state index contributed by atoms with van der Waals surface area (Å²) in [5.41, 5.74) is 2.63. The number of allylic oxidation sites excluding steroid dienone is 3. The molecule has 0 saturated carbocycles. The van der Waals surface area contributed by atoms with Crippen LogP contribution in [-0.4, -0.2) is 37.2 Å². The van der Waals surface area contributed by atoms with E-state index in [2.05, 4.69) is 54.5 Å². The summed E-state index contributed by atoms with van der Waals surface area (Å²) in [4.78, 5) is 2.54. The molecule has 1 unspecified atom stereocenters. The Kier molecular flexibility index (Phi) is 6.45. The molecule has 0 spiro atoms. The van der Waals surface area contributed by atoms with Gasteiger partial charge in [0.05, 0.1) is 13.2 Å². The number of ether oxygens (including phenoxy) is 1. The molecular weight excluding hydrogens is 258 g/mol. The van der Waals surface area contributed by atoms with E-state index in [0.29, 0.717) is 6.04 Å². The third-order valence-corrected chi connectivity index (χ3v) is 3.94. The van der Waals surface area contributed by atoms with Gasteiger partial charge in [-0.1, -0.05) is 61.7 Å². The average Bonchev–Trinajstić information content (AvgIpc) is 2.55. The van der Waals surface area contributed by atoms with E-state index in [1.54, 1.807) is 0 Å². The fourth-order valence-corrected chi connectivity index (χ4v) is 2.80. The maximum atomic E-state index is 5.49. The molecule has 1 saturated heterocycles. The summed E-state index contributed by atoms with van der Waals surface area (Å²) in [5, 5.41) is 0. The zero-order chi connectivity index (χ0) is 14.9. The molecule has 112 valence electrons. The van der Waals surface area contributed by atoms with Gasteiger partial charge in [-0.05, 0) is 24.0 Å². The minimum atomic E-state index is 0.487. The summed E-state index contributed by atoms with van der Waals surface area (Å²) in [6, 6.07) is 11.2. The first-order chi connectivity index (χ1) is 10.3. The normalized spacial score (nSPS) is 18.2. The summed E-state index contributed by atoms with van der Waals surface area (Å²) in [6.45, 7) is 11.4. The number of rotatable bonds is 7. The van der Waals surface area contributed by atoms with Crippen molar-refractivity contribution in [3.05, 3.63) is 72.9 Å². The maximum Gasteiger partial charge on any atom is 0.0594 e. The molecule has 1 aromatic rings. The van der Waals surface area contributed by atoms with Crippen molar-refractivity contribution in [2.24, 2.45) is 0 Å². The second-order valence-corrected chi connectivity index (χ2v) is 5.38. The van der Waals surface area contributed by atoms with E-state index in [9.17, 15) is 0 Å². The molecule has 0 radical (unpaired) electrons. The topological polar surface area (TPSA) is 12.5 Å². The Morgan fingerprint density at radius 1 is 1.19 bits per heavy atom. The molecule has 0 aromatic heterocycles. The first kappa shape index (κ1) is 15.7. The molecule has 2 rings (SSSR count). The standard InChI is InChI=1S/C19H25NO/c1-3-8-17(4-2)15-19(20-11-13-21-14-12-20)16-18-9-6-5-7-10-18/h3-10,19H,1-2,11-16H2/b17-8+. The summed E-state index contributed by atoms with van der Waals surface area (Å²) < 4.78 is 5.49. The molecular formula is C19H25NO. The van der Waals surface area contributed by atoms with Gasteiger partial charge >= 0.3 is 0 Å². The van der Waals surface area contributed by atoms with Crippen molar-refractivity contribution in [3.63, 3.8) is 0 Å². The van der Waals surface area contributed by atoms with E-state index >= 15 is 0 Å². The van der Waals surface area contributed by atoms with Crippen LogP contribution in [0.1, 0.15) is 12.0 Å². The van der Waals surface area contributed by atoms with Gasteiger partial charge in [-0.2, -0.15) is 0 Å². The highest BCUT2D eigenvalue weighted by molar-refractivity contribution is 5.24. The van der Waals surface area contributed by atoms with Crippen molar-refractivity contribution >= 4 is 0 Å². The van der Waals surface area contributed by atoms with Crippen LogP contribution >= 0.6 is 0 Å². The molecule has 1 aliphatic rings. The van der Waals surface area contributed by atoms with Crippen LogP contribution < -0.4 is 0 Å². The number of morpholine rings is 1. The SMILES string of the molecule is C=C/C=C(\C=C)CC(Cc1ccccc1)N1CCOCC1. The molecule has 1 heterocycles. The summed E-state index contributed by atoms with van der Waals surface area (Å²) in [5.74, 6) is 0. The van der Waals surface area contributed by atoms with Gasteiger partial charge in [-0.15, -0.1) is 0 Å². The maximum absolute atomic E-state index is 5.49. The highest BCUT2D eigenvalue weighted by Crippen LogP contribution is 2.19. The van der Waals surface area contributed by atoms with Crippen LogP contribution in [0.4, 0.5) is 0 Å². The van der Waals surface area contributed by atoms with E-state index in [1.807, 2.05) is 12.2 Å². The van der Waals surface area contributed by atoms with Crippen LogP contribution in [-0.2, 0) is 11.2 Å². The van der Waals surface area contributed by atoms with Crippen LogP contribution in [0.2, 0.25) is 0 Å². The van der Waals surface area contributed by atoms with Crippen LogP contribution in [0.15, 0.2) is 67.3 Å². The molecule has 2 heteroatoms. The van der Waals surface area contributed by atoms with Crippen LogP contribution in [0.25, 0.3) is 0 Å². The predicted molar refractivity (Wildman–Crippen MR) is 89.4 cm³/mol. The molecule has 2 nitrogen and oxygen atoms in total. The van der Waals surface area contributed by atoms with E-state index in [0.717, 1.165) is 39.1 Å². The van der Waals surface area contributed by atoms with E-state index in [1.165, 1.54) is 11.1 Å². The Balaban J connectivity index is 2.10. The Morgan fingerprint density at radius 3 is 2.52 bits per heavy atom. The molecule has 0 aliphatic carbocycles. The second kappa shape index (κ2) is 8.60. The highest BCUT2D eigenvalue weighted by atomic mass is 16.5. The first-order valence-electron chi connectivity index (χ1n) is 7.63. The lowest BCUT2D eigenvalue weighted by Gasteiger charge is -2.35. The number of benzene rings is 1.